The third kappa shape index (κ3) is 4.09. The van der Waals surface area contributed by atoms with Crippen molar-refractivity contribution in [2.75, 3.05) is 11.9 Å². The Bertz CT molecular complexity index is 479. The van der Waals surface area contributed by atoms with E-state index in [-0.39, 0.29) is 17.7 Å². The quantitative estimate of drug-likeness (QED) is 0.854. The number of rotatable bonds is 5. The molecule has 0 bridgehead atoms. The van der Waals surface area contributed by atoms with E-state index in [0.29, 0.717) is 23.7 Å². The molecule has 2 amide bonds. The molecule has 102 valence electrons. The summed E-state index contributed by atoms with van der Waals surface area (Å²) in [5.74, 6) is 0.538. The van der Waals surface area contributed by atoms with E-state index in [4.69, 9.17) is 0 Å². The molecular formula is C15H20N2O2. The summed E-state index contributed by atoms with van der Waals surface area (Å²) in [4.78, 5) is 23.6. The molecule has 0 radical (unpaired) electrons. The Morgan fingerprint density at radius 2 is 2.05 bits per heavy atom. The minimum absolute atomic E-state index is 0.0553. The highest BCUT2D eigenvalue weighted by atomic mass is 16.2. The molecule has 0 aromatic heterocycles. The monoisotopic (exact) mass is 260 g/mol. The van der Waals surface area contributed by atoms with Crippen LogP contribution in [-0.4, -0.2) is 18.4 Å². The van der Waals surface area contributed by atoms with Crippen molar-refractivity contribution in [3.8, 4) is 0 Å². The molecule has 2 rings (SSSR count). The Labute approximate surface area is 113 Å². The Morgan fingerprint density at radius 3 is 2.68 bits per heavy atom. The maximum Gasteiger partial charge on any atom is 0.251 e. The summed E-state index contributed by atoms with van der Waals surface area (Å²) in [5.41, 5.74) is 1.27. The van der Waals surface area contributed by atoms with Gasteiger partial charge in [0.2, 0.25) is 5.91 Å². The average Bonchev–Trinajstić information content (AvgIpc) is 3.20. The van der Waals surface area contributed by atoms with Crippen LogP contribution < -0.4 is 10.6 Å². The number of hydrogen-bond acceptors (Lipinski definition) is 2. The summed E-state index contributed by atoms with van der Waals surface area (Å²) in [6, 6.07) is 7.06. The maximum absolute atomic E-state index is 11.9. The van der Waals surface area contributed by atoms with Gasteiger partial charge in [-0.1, -0.05) is 19.9 Å². The summed E-state index contributed by atoms with van der Waals surface area (Å²) < 4.78 is 0. The number of benzene rings is 1. The normalized spacial score (nSPS) is 14.3. The van der Waals surface area contributed by atoms with E-state index >= 15 is 0 Å². The van der Waals surface area contributed by atoms with E-state index in [9.17, 15) is 9.59 Å². The van der Waals surface area contributed by atoms with Crippen LogP contribution in [0.4, 0.5) is 5.69 Å². The minimum Gasteiger partial charge on any atom is -0.352 e. The first-order valence-electron chi connectivity index (χ1n) is 6.75. The topological polar surface area (TPSA) is 58.2 Å². The summed E-state index contributed by atoms with van der Waals surface area (Å²) in [7, 11) is 0. The number of hydrogen-bond donors (Lipinski definition) is 2. The Kier molecular flexibility index (Phi) is 4.20. The van der Waals surface area contributed by atoms with Crippen LogP contribution in [0.2, 0.25) is 0 Å². The smallest absolute Gasteiger partial charge is 0.251 e. The molecule has 19 heavy (non-hydrogen) atoms. The van der Waals surface area contributed by atoms with Crippen LogP contribution in [0.5, 0.6) is 0 Å². The Morgan fingerprint density at radius 1 is 1.32 bits per heavy atom. The average molecular weight is 260 g/mol. The van der Waals surface area contributed by atoms with E-state index in [1.807, 2.05) is 13.8 Å². The predicted molar refractivity (Wildman–Crippen MR) is 75.0 cm³/mol. The van der Waals surface area contributed by atoms with Gasteiger partial charge >= 0.3 is 0 Å². The second kappa shape index (κ2) is 5.87. The second-order valence-electron chi connectivity index (χ2n) is 5.45. The summed E-state index contributed by atoms with van der Waals surface area (Å²) in [6.07, 6.45) is 1.95. The first kappa shape index (κ1) is 13.6. The van der Waals surface area contributed by atoms with Crippen molar-refractivity contribution in [1.82, 2.24) is 5.32 Å². The molecule has 1 aliphatic carbocycles. The fraction of sp³-hybridized carbons (Fsp3) is 0.467. The van der Waals surface area contributed by atoms with Gasteiger partial charge in [0.1, 0.15) is 0 Å². The van der Waals surface area contributed by atoms with Gasteiger partial charge in [0.05, 0.1) is 0 Å². The van der Waals surface area contributed by atoms with Crippen molar-refractivity contribution >= 4 is 17.5 Å². The van der Waals surface area contributed by atoms with Crippen LogP contribution >= 0.6 is 0 Å². The Hall–Kier alpha value is -1.84. The maximum atomic E-state index is 11.9. The highest BCUT2D eigenvalue weighted by Crippen LogP contribution is 2.30. The fourth-order valence-electron chi connectivity index (χ4n) is 1.73. The fourth-order valence-corrected chi connectivity index (χ4v) is 1.73. The number of carbonyl (C=O) groups excluding carboxylic acids is 2. The van der Waals surface area contributed by atoms with E-state index in [1.54, 1.807) is 24.3 Å². The number of anilines is 1. The molecule has 1 aromatic carbocycles. The van der Waals surface area contributed by atoms with Gasteiger partial charge in [0.25, 0.3) is 5.91 Å². The van der Waals surface area contributed by atoms with Crippen LogP contribution in [0.25, 0.3) is 0 Å². The highest BCUT2D eigenvalue weighted by molar-refractivity contribution is 5.98. The lowest BCUT2D eigenvalue weighted by atomic mass is 10.1. The molecule has 0 heterocycles. The summed E-state index contributed by atoms with van der Waals surface area (Å²) >= 11 is 0. The van der Waals surface area contributed by atoms with Crippen molar-refractivity contribution in [2.24, 2.45) is 11.8 Å². The Balaban J connectivity index is 1.97. The van der Waals surface area contributed by atoms with E-state index in [2.05, 4.69) is 10.6 Å². The highest BCUT2D eigenvalue weighted by Gasteiger charge is 2.29. The van der Waals surface area contributed by atoms with Crippen molar-refractivity contribution in [3.05, 3.63) is 29.8 Å². The van der Waals surface area contributed by atoms with Gasteiger partial charge in [-0.2, -0.15) is 0 Å². The molecule has 0 atom stereocenters. The molecule has 0 saturated heterocycles. The molecule has 0 spiro atoms. The lowest BCUT2D eigenvalue weighted by Gasteiger charge is -2.09. The van der Waals surface area contributed by atoms with Gasteiger partial charge in [0.15, 0.2) is 0 Å². The molecule has 4 heteroatoms. The van der Waals surface area contributed by atoms with E-state index < -0.39 is 0 Å². The van der Waals surface area contributed by atoms with E-state index in [1.165, 1.54) is 0 Å². The first-order valence-corrected chi connectivity index (χ1v) is 6.75. The molecule has 1 aliphatic rings. The minimum atomic E-state index is -0.101. The third-order valence-corrected chi connectivity index (χ3v) is 3.01. The zero-order valence-corrected chi connectivity index (χ0v) is 11.4. The van der Waals surface area contributed by atoms with Gasteiger partial charge < -0.3 is 10.6 Å². The third-order valence-electron chi connectivity index (χ3n) is 3.01. The van der Waals surface area contributed by atoms with Gasteiger partial charge in [0, 0.05) is 23.7 Å². The van der Waals surface area contributed by atoms with Gasteiger partial charge in [-0.05, 0) is 37.0 Å². The largest absolute Gasteiger partial charge is 0.352 e. The molecule has 4 nitrogen and oxygen atoms in total. The number of nitrogens with one attached hydrogen (secondary N) is 2. The van der Waals surface area contributed by atoms with Crippen LogP contribution in [0.15, 0.2) is 24.3 Å². The van der Waals surface area contributed by atoms with Crippen LogP contribution in [0, 0.1) is 11.8 Å². The van der Waals surface area contributed by atoms with Crippen molar-refractivity contribution in [3.63, 3.8) is 0 Å². The van der Waals surface area contributed by atoms with Crippen LogP contribution in [0.1, 0.15) is 37.0 Å². The second-order valence-corrected chi connectivity index (χ2v) is 5.45. The zero-order valence-electron chi connectivity index (χ0n) is 11.4. The van der Waals surface area contributed by atoms with Crippen LogP contribution in [-0.2, 0) is 4.79 Å². The molecule has 0 unspecified atom stereocenters. The number of amides is 2. The molecular weight excluding hydrogens is 240 g/mol. The van der Waals surface area contributed by atoms with Gasteiger partial charge in [-0.25, -0.2) is 0 Å². The van der Waals surface area contributed by atoms with E-state index in [0.717, 1.165) is 12.8 Å². The molecule has 1 aromatic rings. The zero-order chi connectivity index (χ0) is 13.8. The SMILES string of the molecule is CC(C)CNC(=O)c1cccc(NC(=O)C2CC2)c1. The molecule has 2 N–H and O–H groups in total. The lowest BCUT2D eigenvalue weighted by Crippen LogP contribution is -2.27. The standard InChI is InChI=1S/C15H20N2O2/c1-10(2)9-16-14(18)12-4-3-5-13(8-12)17-15(19)11-6-7-11/h3-5,8,10-11H,6-7,9H2,1-2H3,(H,16,18)(H,17,19). The van der Waals surface area contributed by atoms with Crippen LogP contribution in [0.3, 0.4) is 0 Å². The van der Waals surface area contributed by atoms with Gasteiger partial charge in [-0.3, -0.25) is 9.59 Å². The lowest BCUT2D eigenvalue weighted by molar-refractivity contribution is -0.117. The molecule has 1 saturated carbocycles. The predicted octanol–water partition coefficient (Wildman–Crippen LogP) is 2.42. The van der Waals surface area contributed by atoms with Gasteiger partial charge in [-0.15, -0.1) is 0 Å². The summed E-state index contributed by atoms with van der Waals surface area (Å²) in [5, 5.41) is 5.71. The number of carbonyl (C=O) groups is 2. The van der Waals surface area contributed by atoms with Crippen molar-refractivity contribution in [2.45, 2.75) is 26.7 Å². The molecule has 0 aliphatic heterocycles. The van der Waals surface area contributed by atoms with Crippen molar-refractivity contribution < 1.29 is 9.59 Å². The molecule has 1 fully saturated rings. The summed E-state index contributed by atoms with van der Waals surface area (Å²) in [6.45, 7) is 4.75. The first-order chi connectivity index (χ1) is 9.06. The van der Waals surface area contributed by atoms with Crippen molar-refractivity contribution in [1.29, 1.82) is 0 Å².